The SMILES string of the molecule is COCc1cnc(S(C)(S)SC)c(C#N)n1. The van der Waals surface area contributed by atoms with Crippen molar-refractivity contribution in [1.29, 1.82) is 5.26 Å². The molecule has 0 aliphatic carbocycles. The van der Waals surface area contributed by atoms with Crippen LogP contribution in [0.1, 0.15) is 11.4 Å². The van der Waals surface area contributed by atoms with E-state index in [1.165, 1.54) is 0 Å². The van der Waals surface area contributed by atoms with Gasteiger partial charge in [-0.1, -0.05) is 0 Å². The molecule has 1 rings (SSSR count). The lowest BCUT2D eigenvalue weighted by atomic mass is 10.4. The largest absolute Gasteiger partial charge is 0.378 e. The second-order valence-electron chi connectivity index (χ2n) is 3.03. The highest BCUT2D eigenvalue weighted by atomic mass is 33.5. The lowest BCUT2D eigenvalue weighted by Crippen LogP contribution is -2.02. The van der Waals surface area contributed by atoms with Crippen molar-refractivity contribution in [1.82, 2.24) is 9.97 Å². The zero-order chi connectivity index (χ0) is 12.2. The summed E-state index contributed by atoms with van der Waals surface area (Å²) >= 11 is 4.55. The first-order valence-electron chi connectivity index (χ1n) is 4.36. The maximum Gasteiger partial charge on any atom is 0.173 e. The van der Waals surface area contributed by atoms with Gasteiger partial charge in [0.1, 0.15) is 11.1 Å². The summed E-state index contributed by atoms with van der Waals surface area (Å²) in [5.41, 5.74) is 1.00. The van der Waals surface area contributed by atoms with Gasteiger partial charge in [0.05, 0.1) is 18.5 Å². The Morgan fingerprint density at radius 1 is 1.69 bits per heavy atom. The zero-order valence-electron chi connectivity index (χ0n) is 9.30. The Kier molecular flexibility index (Phi) is 4.92. The van der Waals surface area contributed by atoms with E-state index in [0.717, 1.165) is 0 Å². The van der Waals surface area contributed by atoms with Crippen LogP contribution in [0.5, 0.6) is 0 Å². The van der Waals surface area contributed by atoms with Crippen LogP contribution in [-0.4, -0.2) is 29.6 Å². The predicted octanol–water partition coefficient (Wildman–Crippen LogP) is 2.41. The van der Waals surface area contributed by atoms with Crippen molar-refractivity contribution in [2.24, 2.45) is 0 Å². The number of hydrogen-bond acceptors (Lipinski definition) is 6. The summed E-state index contributed by atoms with van der Waals surface area (Å²) in [5.74, 6) is 0. The molecule has 0 spiro atoms. The Bertz CT molecular complexity index is 417. The average molecular weight is 275 g/mol. The summed E-state index contributed by atoms with van der Waals surface area (Å²) < 4.78 is 4.95. The Morgan fingerprint density at radius 2 is 2.38 bits per heavy atom. The van der Waals surface area contributed by atoms with Crippen LogP contribution in [0.4, 0.5) is 0 Å². The van der Waals surface area contributed by atoms with Crippen molar-refractivity contribution in [3.8, 4) is 6.07 Å². The van der Waals surface area contributed by atoms with E-state index in [4.69, 9.17) is 10.00 Å². The van der Waals surface area contributed by atoms with Crippen molar-refractivity contribution >= 4 is 30.5 Å². The molecule has 1 heterocycles. The van der Waals surface area contributed by atoms with Crippen LogP contribution in [0.15, 0.2) is 11.2 Å². The fourth-order valence-corrected chi connectivity index (χ4v) is 3.16. The molecule has 0 saturated carbocycles. The lowest BCUT2D eigenvalue weighted by molar-refractivity contribution is 0.181. The van der Waals surface area contributed by atoms with Crippen LogP contribution >= 0.6 is 30.5 Å². The number of thiol groups is 1. The molecule has 88 valence electrons. The maximum atomic E-state index is 9.05. The quantitative estimate of drug-likeness (QED) is 0.675. The van der Waals surface area contributed by atoms with Gasteiger partial charge in [0, 0.05) is 7.11 Å². The van der Waals surface area contributed by atoms with Crippen LogP contribution in [0.25, 0.3) is 0 Å². The van der Waals surface area contributed by atoms with Gasteiger partial charge >= 0.3 is 0 Å². The summed E-state index contributed by atoms with van der Waals surface area (Å²) in [6.45, 7) is 0.361. The number of hydrogen-bond donors (Lipinski definition) is 1. The van der Waals surface area contributed by atoms with Crippen LogP contribution in [0, 0.1) is 11.3 Å². The molecule has 1 aromatic rings. The number of rotatable bonds is 4. The third-order valence-corrected chi connectivity index (χ3v) is 7.82. The third kappa shape index (κ3) is 3.04. The van der Waals surface area contributed by atoms with Gasteiger partial charge in [-0.05, 0) is 12.5 Å². The normalized spacial score (nSPS) is 16.2. The molecule has 0 aromatic carbocycles. The summed E-state index contributed by atoms with van der Waals surface area (Å²) in [6, 6.07) is 2.06. The first-order chi connectivity index (χ1) is 7.55. The zero-order valence-corrected chi connectivity index (χ0v) is 11.8. The van der Waals surface area contributed by atoms with Gasteiger partial charge in [0.25, 0.3) is 0 Å². The first kappa shape index (κ1) is 13.6. The summed E-state index contributed by atoms with van der Waals surface area (Å²) in [7, 11) is 1.77. The van der Waals surface area contributed by atoms with Crippen LogP contribution in [0.3, 0.4) is 0 Å². The first-order valence-corrected chi connectivity index (χ1v) is 9.20. The smallest absolute Gasteiger partial charge is 0.173 e. The highest BCUT2D eigenvalue weighted by molar-refractivity contribution is 9.21. The Hall–Kier alpha value is -0.420. The molecular formula is C9H13N3OS3. The fraction of sp³-hybridized carbons (Fsp3) is 0.444. The van der Waals surface area contributed by atoms with Gasteiger partial charge in [0.2, 0.25) is 0 Å². The van der Waals surface area contributed by atoms with E-state index in [9.17, 15) is 0 Å². The van der Waals surface area contributed by atoms with Gasteiger partial charge in [-0.25, -0.2) is 9.97 Å². The molecule has 0 amide bonds. The van der Waals surface area contributed by atoms with E-state index in [1.807, 2.05) is 12.5 Å². The molecule has 0 aliphatic heterocycles. The van der Waals surface area contributed by atoms with Crippen LogP contribution < -0.4 is 0 Å². The second-order valence-corrected chi connectivity index (χ2v) is 11.3. The minimum atomic E-state index is -1.40. The molecule has 0 bridgehead atoms. The molecule has 1 aromatic heterocycles. The van der Waals surface area contributed by atoms with E-state index < -0.39 is 8.09 Å². The van der Waals surface area contributed by atoms with Crippen molar-refractivity contribution in [2.75, 3.05) is 19.6 Å². The molecule has 0 fully saturated rings. The Morgan fingerprint density at radius 3 is 2.88 bits per heavy atom. The molecule has 0 N–H and O–H groups in total. The van der Waals surface area contributed by atoms with Crippen molar-refractivity contribution in [2.45, 2.75) is 11.6 Å². The predicted molar refractivity (Wildman–Crippen MR) is 71.7 cm³/mol. The molecule has 0 radical (unpaired) electrons. The summed E-state index contributed by atoms with van der Waals surface area (Å²) in [6.07, 6.45) is 5.56. The number of methoxy groups -OCH3 is 1. The van der Waals surface area contributed by atoms with E-state index in [2.05, 4.69) is 27.7 Å². The van der Waals surface area contributed by atoms with Gasteiger partial charge in [-0.2, -0.15) is 5.26 Å². The topological polar surface area (TPSA) is 58.8 Å². The lowest BCUT2D eigenvalue weighted by Gasteiger charge is -2.26. The van der Waals surface area contributed by atoms with Crippen LogP contribution in [0.2, 0.25) is 0 Å². The molecule has 7 heteroatoms. The molecular weight excluding hydrogens is 262 g/mol. The third-order valence-electron chi connectivity index (χ3n) is 1.87. The van der Waals surface area contributed by atoms with Crippen molar-refractivity contribution in [3.05, 3.63) is 17.6 Å². The monoisotopic (exact) mass is 275 g/mol. The summed E-state index contributed by atoms with van der Waals surface area (Å²) in [5, 5.41) is 9.72. The number of ether oxygens (including phenoxy) is 1. The number of aromatic nitrogens is 2. The van der Waals surface area contributed by atoms with E-state index in [0.29, 0.717) is 23.0 Å². The molecule has 16 heavy (non-hydrogen) atoms. The minimum Gasteiger partial charge on any atom is -0.378 e. The van der Waals surface area contributed by atoms with Gasteiger partial charge in [-0.3, -0.25) is 0 Å². The average Bonchev–Trinajstić information content (AvgIpc) is 2.29. The second kappa shape index (κ2) is 5.77. The van der Waals surface area contributed by atoms with E-state index in [1.54, 1.807) is 24.1 Å². The molecule has 1 unspecified atom stereocenters. The molecule has 1 atom stereocenters. The van der Waals surface area contributed by atoms with Crippen molar-refractivity contribution in [3.63, 3.8) is 0 Å². The molecule has 4 nitrogen and oxygen atoms in total. The molecule has 0 aliphatic rings. The van der Waals surface area contributed by atoms with E-state index >= 15 is 0 Å². The maximum absolute atomic E-state index is 9.05. The highest BCUT2D eigenvalue weighted by Crippen LogP contribution is 2.65. The standard InChI is InChI=1S/C9H13N3OS3/c1-13-6-7-5-11-9(8(4-10)12-7)16(3,14)15-2/h5,14H,6H2,1-3H3. The number of nitrogens with zero attached hydrogens (tertiary/aromatic N) is 3. The Labute approximate surface area is 105 Å². The minimum absolute atomic E-state index is 0.344. The van der Waals surface area contributed by atoms with Crippen molar-refractivity contribution < 1.29 is 4.74 Å². The fourth-order valence-electron chi connectivity index (χ4n) is 1.06. The summed E-state index contributed by atoms with van der Waals surface area (Å²) in [4.78, 5) is 8.49. The van der Waals surface area contributed by atoms with Gasteiger partial charge < -0.3 is 4.74 Å². The molecule has 0 saturated heterocycles. The Balaban J connectivity index is 3.18. The van der Waals surface area contributed by atoms with Gasteiger partial charge in [-0.15, -0.1) is 30.5 Å². The van der Waals surface area contributed by atoms with Gasteiger partial charge in [0.15, 0.2) is 5.69 Å². The van der Waals surface area contributed by atoms with Crippen LogP contribution in [-0.2, 0) is 11.3 Å². The van der Waals surface area contributed by atoms with E-state index in [-0.39, 0.29) is 0 Å². The number of nitriles is 1. The highest BCUT2D eigenvalue weighted by Gasteiger charge is 2.22.